The molecule has 0 bridgehead atoms. The van der Waals surface area contributed by atoms with Crippen LogP contribution in [-0.2, 0) is 28.8 Å². The molecule has 192 valence electrons. The topological polar surface area (TPSA) is 316 Å². The average molecular weight is 490 g/mol. The number of carboxylic acid groups (broad SMARTS) is 2. The summed E-state index contributed by atoms with van der Waals surface area (Å²) in [7, 11) is 0. The number of nitrogens with zero attached hydrogens (tertiary/aromatic N) is 1. The van der Waals surface area contributed by atoms with Gasteiger partial charge in [0.2, 0.25) is 23.6 Å². The van der Waals surface area contributed by atoms with Gasteiger partial charge >= 0.3 is 11.9 Å². The lowest BCUT2D eigenvalue weighted by Crippen LogP contribution is -2.58. The maximum Gasteiger partial charge on any atom is 0.326 e. The molecule has 0 spiro atoms. The fraction of sp³-hybridized carbons (Fsp3) is 0.588. The summed E-state index contributed by atoms with van der Waals surface area (Å²) in [5.74, 6) is -7.43. The highest BCUT2D eigenvalue weighted by atomic mass is 16.4. The van der Waals surface area contributed by atoms with Crippen LogP contribution in [0.4, 0.5) is 0 Å². The van der Waals surface area contributed by atoms with Crippen molar-refractivity contribution in [1.29, 1.82) is 0 Å². The van der Waals surface area contributed by atoms with Crippen LogP contribution < -0.4 is 38.9 Å². The SMILES string of the molecule is NC(=O)CC(NC(=O)C(N)CO)C(=O)NC(CCCN=C(N)N)C(=O)NC(CC(=O)O)C(=O)O. The van der Waals surface area contributed by atoms with Crippen molar-refractivity contribution in [2.45, 2.75) is 49.9 Å². The Bertz CT molecular complexity index is 800. The van der Waals surface area contributed by atoms with E-state index in [1.807, 2.05) is 5.32 Å². The third-order valence-corrected chi connectivity index (χ3v) is 4.14. The Hall–Kier alpha value is -3.99. The maximum atomic E-state index is 12.7. The maximum absolute atomic E-state index is 12.7. The minimum atomic E-state index is -1.80. The highest BCUT2D eigenvalue weighted by molar-refractivity contribution is 5.96. The van der Waals surface area contributed by atoms with Crippen LogP contribution >= 0.6 is 0 Å². The van der Waals surface area contributed by atoms with Crippen LogP contribution in [0.15, 0.2) is 4.99 Å². The number of guanidine groups is 1. The van der Waals surface area contributed by atoms with E-state index in [0.717, 1.165) is 0 Å². The fourth-order valence-electron chi connectivity index (χ4n) is 2.46. The van der Waals surface area contributed by atoms with Crippen LogP contribution in [0.3, 0.4) is 0 Å². The molecule has 0 saturated heterocycles. The number of nitrogens with one attached hydrogen (secondary N) is 3. The van der Waals surface area contributed by atoms with Crippen LogP contribution in [-0.4, -0.2) is 94.2 Å². The van der Waals surface area contributed by atoms with Gasteiger partial charge in [0.1, 0.15) is 24.2 Å². The van der Waals surface area contributed by atoms with Crippen molar-refractivity contribution in [1.82, 2.24) is 16.0 Å². The Morgan fingerprint density at radius 3 is 1.79 bits per heavy atom. The normalized spacial score (nSPS) is 13.9. The monoisotopic (exact) mass is 490 g/mol. The first-order valence-electron chi connectivity index (χ1n) is 9.84. The Kier molecular flexibility index (Phi) is 13.2. The predicted octanol–water partition coefficient (Wildman–Crippen LogP) is -5.75. The smallest absolute Gasteiger partial charge is 0.326 e. The lowest BCUT2D eigenvalue weighted by atomic mass is 10.1. The molecule has 34 heavy (non-hydrogen) atoms. The molecule has 0 heterocycles. The zero-order valence-electron chi connectivity index (χ0n) is 18.1. The van der Waals surface area contributed by atoms with E-state index in [0.29, 0.717) is 0 Å². The Balaban J connectivity index is 5.63. The Morgan fingerprint density at radius 2 is 1.32 bits per heavy atom. The van der Waals surface area contributed by atoms with Gasteiger partial charge in [-0.3, -0.25) is 29.0 Å². The third kappa shape index (κ3) is 12.2. The highest BCUT2D eigenvalue weighted by Gasteiger charge is 2.31. The highest BCUT2D eigenvalue weighted by Crippen LogP contribution is 2.04. The lowest BCUT2D eigenvalue weighted by molar-refractivity contribution is -0.147. The molecule has 0 aliphatic rings. The molecule has 0 aliphatic carbocycles. The molecule has 17 nitrogen and oxygen atoms in total. The molecule has 0 saturated carbocycles. The van der Waals surface area contributed by atoms with Gasteiger partial charge in [-0.15, -0.1) is 0 Å². The molecule has 4 unspecified atom stereocenters. The molecular formula is C17H30N8O9. The van der Waals surface area contributed by atoms with E-state index >= 15 is 0 Å². The molecule has 0 aromatic carbocycles. The lowest BCUT2D eigenvalue weighted by Gasteiger charge is -2.24. The summed E-state index contributed by atoms with van der Waals surface area (Å²) >= 11 is 0. The number of amides is 4. The van der Waals surface area contributed by atoms with Gasteiger partial charge in [0.25, 0.3) is 0 Å². The fourth-order valence-corrected chi connectivity index (χ4v) is 2.46. The van der Waals surface area contributed by atoms with Gasteiger partial charge in [-0.05, 0) is 12.8 Å². The quantitative estimate of drug-likeness (QED) is 0.0549. The summed E-state index contributed by atoms with van der Waals surface area (Å²) in [5, 5.41) is 33.3. The van der Waals surface area contributed by atoms with Crippen molar-refractivity contribution in [3.8, 4) is 0 Å². The zero-order valence-corrected chi connectivity index (χ0v) is 18.1. The van der Waals surface area contributed by atoms with Gasteiger partial charge in [-0.1, -0.05) is 0 Å². The van der Waals surface area contributed by atoms with Crippen LogP contribution in [0.25, 0.3) is 0 Å². The number of nitrogens with two attached hydrogens (primary N) is 4. The summed E-state index contributed by atoms with van der Waals surface area (Å²) < 4.78 is 0. The summed E-state index contributed by atoms with van der Waals surface area (Å²) in [5.41, 5.74) is 20.9. The van der Waals surface area contributed by atoms with Crippen molar-refractivity contribution < 1.29 is 44.1 Å². The first-order chi connectivity index (χ1) is 15.8. The van der Waals surface area contributed by atoms with Crippen molar-refractivity contribution >= 4 is 41.5 Å². The Labute approximate surface area is 193 Å². The van der Waals surface area contributed by atoms with Crippen molar-refractivity contribution in [2.24, 2.45) is 27.9 Å². The first-order valence-corrected chi connectivity index (χ1v) is 9.84. The number of aliphatic imine (C=N–C) groups is 1. The van der Waals surface area contributed by atoms with Gasteiger partial charge in [-0.2, -0.15) is 0 Å². The molecular weight excluding hydrogens is 460 g/mol. The van der Waals surface area contributed by atoms with Crippen LogP contribution in [0.2, 0.25) is 0 Å². The molecule has 4 atom stereocenters. The van der Waals surface area contributed by atoms with Gasteiger partial charge in [0, 0.05) is 6.54 Å². The zero-order chi connectivity index (χ0) is 26.4. The summed E-state index contributed by atoms with van der Waals surface area (Å²) in [4.78, 5) is 74.4. The molecule has 17 heteroatoms. The van der Waals surface area contributed by atoms with E-state index in [1.54, 1.807) is 0 Å². The summed E-state index contributed by atoms with van der Waals surface area (Å²) in [6.45, 7) is -0.723. The van der Waals surface area contributed by atoms with Crippen LogP contribution in [0.5, 0.6) is 0 Å². The van der Waals surface area contributed by atoms with Crippen molar-refractivity contribution in [3.63, 3.8) is 0 Å². The number of aliphatic carboxylic acids is 2. The minimum Gasteiger partial charge on any atom is -0.481 e. The van der Waals surface area contributed by atoms with Crippen molar-refractivity contribution in [3.05, 3.63) is 0 Å². The first kappa shape index (κ1) is 30.0. The van der Waals surface area contributed by atoms with E-state index in [-0.39, 0.29) is 25.3 Å². The molecule has 0 aromatic heterocycles. The average Bonchev–Trinajstić information content (AvgIpc) is 2.72. The number of hydrogen-bond donors (Lipinski definition) is 10. The number of aliphatic hydroxyl groups is 1. The summed E-state index contributed by atoms with van der Waals surface area (Å²) in [6.07, 6.45) is -1.64. The second kappa shape index (κ2) is 15.0. The van der Waals surface area contributed by atoms with Crippen molar-refractivity contribution in [2.75, 3.05) is 13.2 Å². The number of aliphatic hydroxyl groups excluding tert-OH is 1. The number of hydrogen-bond acceptors (Lipinski definition) is 9. The van der Waals surface area contributed by atoms with E-state index in [4.69, 9.17) is 38.3 Å². The van der Waals surface area contributed by atoms with Crippen LogP contribution in [0, 0.1) is 0 Å². The number of carbonyl (C=O) groups is 6. The molecule has 0 fully saturated rings. The second-order valence-electron chi connectivity index (χ2n) is 7.03. The summed E-state index contributed by atoms with van der Waals surface area (Å²) in [6, 6.07) is -6.22. The third-order valence-electron chi connectivity index (χ3n) is 4.14. The predicted molar refractivity (Wildman–Crippen MR) is 114 cm³/mol. The van der Waals surface area contributed by atoms with Gasteiger partial charge in [-0.25, -0.2) is 4.79 Å². The number of carbonyl (C=O) groups excluding carboxylic acids is 4. The van der Waals surface area contributed by atoms with E-state index in [1.165, 1.54) is 0 Å². The molecule has 0 aromatic rings. The van der Waals surface area contributed by atoms with Gasteiger partial charge in [0.05, 0.1) is 19.4 Å². The van der Waals surface area contributed by atoms with E-state index in [2.05, 4.69) is 15.6 Å². The molecule has 14 N–H and O–H groups in total. The van der Waals surface area contributed by atoms with Gasteiger partial charge in [0.15, 0.2) is 5.96 Å². The number of primary amides is 1. The Morgan fingerprint density at radius 1 is 0.794 bits per heavy atom. The minimum absolute atomic E-state index is 0.0340. The largest absolute Gasteiger partial charge is 0.481 e. The standard InChI is InChI=1S/C17H30N8O9/c18-7(6-26)13(30)24-9(4-11(19)27)15(32)23-8(2-1-3-22-17(20)21)14(31)25-10(16(33)34)5-12(28)29/h7-10,26H,1-6,18H2,(H2,19,27)(H,23,32)(H,24,30)(H,25,31)(H,28,29)(H,33,34)(H4,20,21,22). The molecule has 0 radical (unpaired) electrons. The molecule has 4 amide bonds. The number of rotatable bonds is 16. The van der Waals surface area contributed by atoms with E-state index < -0.39 is 79.2 Å². The molecule has 0 aliphatic heterocycles. The molecule has 0 rings (SSSR count). The number of carboxylic acids is 2. The van der Waals surface area contributed by atoms with Crippen LogP contribution in [0.1, 0.15) is 25.7 Å². The van der Waals surface area contributed by atoms with E-state index in [9.17, 15) is 28.8 Å². The van der Waals surface area contributed by atoms with Gasteiger partial charge < -0.3 is 54.2 Å². The second-order valence-corrected chi connectivity index (χ2v) is 7.03.